The Balaban J connectivity index is 2.50. The van der Waals surface area contributed by atoms with Crippen molar-refractivity contribution in [1.29, 1.82) is 0 Å². The molecule has 4 nitrogen and oxygen atoms in total. The third-order valence-electron chi connectivity index (χ3n) is 2.40. The van der Waals surface area contributed by atoms with Gasteiger partial charge < -0.3 is 15.6 Å². The van der Waals surface area contributed by atoms with Crippen molar-refractivity contribution in [3.63, 3.8) is 0 Å². The fourth-order valence-electron chi connectivity index (χ4n) is 1.65. The highest BCUT2D eigenvalue weighted by Crippen LogP contribution is 2.13. The second-order valence-electron chi connectivity index (χ2n) is 4.16. The van der Waals surface area contributed by atoms with Crippen LogP contribution in [0, 0.1) is 5.82 Å². The number of nitrogens with zero attached hydrogens (tertiary/aromatic N) is 1. The number of ether oxygens (including phenoxy) is 1. The number of likely N-dealkylation sites (N-methyl/N-ethyl adjacent to an activating group) is 1. The van der Waals surface area contributed by atoms with Gasteiger partial charge in [-0.3, -0.25) is 4.90 Å². The highest BCUT2D eigenvalue weighted by atomic mass is 19.1. The zero-order valence-electron chi connectivity index (χ0n) is 10.2. The van der Waals surface area contributed by atoms with Gasteiger partial charge in [0.25, 0.3) is 0 Å². The van der Waals surface area contributed by atoms with Crippen LogP contribution in [0.1, 0.15) is 5.56 Å². The molecule has 3 N–H and O–H groups in total. The lowest BCUT2D eigenvalue weighted by Gasteiger charge is -2.20. The first-order valence-corrected chi connectivity index (χ1v) is 5.42. The standard InChI is InChI=1S/C12H19FN2O2/c1-15(7-10(16)8-17-2)6-9-3-4-12(14)11(13)5-9/h3-5,10,16H,6-8,14H2,1-2H3. The number of aliphatic hydroxyl groups is 1. The topological polar surface area (TPSA) is 58.7 Å². The normalized spacial score (nSPS) is 13.0. The van der Waals surface area contributed by atoms with E-state index in [0.29, 0.717) is 19.7 Å². The maximum Gasteiger partial charge on any atom is 0.146 e. The van der Waals surface area contributed by atoms with Crippen LogP contribution in [0.2, 0.25) is 0 Å². The van der Waals surface area contributed by atoms with Crippen LogP contribution in [-0.2, 0) is 11.3 Å². The SMILES string of the molecule is COCC(O)CN(C)Cc1ccc(N)c(F)c1. The van der Waals surface area contributed by atoms with Gasteiger partial charge >= 0.3 is 0 Å². The molecule has 1 aromatic rings. The zero-order chi connectivity index (χ0) is 12.8. The van der Waals surface area contributed by atoms with Crippen LogP contribution in [0.5, 0.6) is 0 Å². The predicted molar refractivity (Wildman–Crippen MR) is 65.0 cm³/mol. The summed E-state index contributed by atoms with van der Waals surface area (Å²) in [6, 6.07) is 4.73. The van der Waals surface area contributed by atoms with Gasteiger partial charge in [0.05, 0.1) is 18.4 Å². The number of aliphatic hydroxyl groups excluding tert-OH is 1. The van der Waals surface area contributed by atoms with Gasteiger partial charge in [0, 0.05) is 20.2 Å². The summed E-state index contributed by atoms with van der Waals surface area (Å²) in [7, 11) is 3.39. The van der Waals surface area contributed by atoms with Gasteiger partial charge in [0.2, 0.25) is 0 Å². The van der Waals surface area contributed by atoms with E-state index in [0.717, 1.165) is 5.56 Å². The number of halogens is 1. The van der Waals surface area contributed by atoms with Crippen molar-refractivity contribution in [2.75, 3.05) is 33.0 Å². The van der Waals surface area contributed by atoms with E-state index < -0.39 is 11.9 Å². The Morgan fingerprint density at radius 3 is 2.82 bits per heavy atom. The maximum absolute atomic E-state index is 13.2. The summed E-state index contributed by atoms with van der Waals surface area (Å²) in [5.41, 5.74) is 6.37. The Morgan fingerprint density at radius 2 is 2.24 bits per heavy atom. The summed E-state index contributed by atoms with van der Waals surface area (Å²) >= 11 is 0. The average molecular weight is 242 g/mol. The Hall–Kier alpha value is -1.17. The first kappa shape index (κ1) is 13.9. The monoisotopic (exact) mass is 242 g/mol. The van der Waals surface area contributed by atoms with E-state index in [9.17, 15) is 9.50 Å². The van der Waals surface area contributed by atoms with Crippen LogP contribution in [0.3, 0.4) is 0 Å². The highest BCUT2D eigenvalue weighted by molar-refractivity contribution is 5.41. The summed E-state index contributed by atoms with van der Waals surface area (Å²) in [5, 5.41) is 9.54. The van der Waals surface area contributed by atoms with E-state index in [4.69, 9.17) is 10.5 Å². The number of nitrogen functional groups attached to an aromatic ring is 1. The molecule has 17 heavy (non-hydrogen) atoms. The van der Waals surface area contributed by atoms with E-state index in [1.807, 2.05) is 11.9 Å². The molecule has 0 amide bonds. The second-order valence-corrected chi connectivity index (χ2v) is 4.16. The number of hydrogen-bond donors (Lipinski definition) is 2. The Labute approximate surface area is 101 Å². The number of anilines is 1. The molecule has 1 aromatic carbocycles. The molecule has 0 saturated heterocycles. The van der Waals surface area contributed by atoms with E-state index in [2.05, 4.69) is 0 Å². The predicted octanol–water partition coefficient (Wildman–Crippen LogP) is 0.847. The van der Waals surface area contributed by atoms with Crippen molar-refractivity contribution >= 4 is 5.69 Å². The van der Waals surface area contributed by atoms with Gasteiger partial charge in [-0.15, -0.1) is 0 Å². The fraction of sp³-hybridized carbons (Fsp3) is 0.500. The maximum atomic E-state index is 13.2. The van der Waals surface area contributed by atoms with E-state index in [1.165, 1.54) is 6.07 Å². The Bertz CT molecular complexity index is 360. The zero-order valence-corrected chi connectivity index (χ0v) is 10.2. The van der Waals surface area contributed by atoms with Crippen molar-refractivity contribution in [3.05, 3.63) is 29.6 Å². The molecule has 0 aliphatic heterocycles. The summed E-state index contributed by atoms with van der Waals surface area (Å²) in [6.45, 7) is 1.32. The molecule has 96 valence electrons. The van der Waals surface area contributed by atoms with Crippen LogP contribution in [0.4, 0.5) is 10.1 Å². The Morgan fingerprint density at radius 1 is 1.53 bits per heavy atom. The number of nitrogens with two attached hydrogens (primary N) is 1. The Kier molecular flexibility index (Phi) is 5.34. The number of benzene rings is 1. The number of rotatable bonds is 6. The molecule has 0 aliphatic rings. The largest absolute Gasteiger partial charge is 0.396 e. The molecule has 0 spiro atoms. The summed E-state index contributed by atoms with van der Waals surface area (Å²) in [5.74, 6) is -0.409. The molecule has 0 radical (unpaired) electrons. The smallest absolute Gasteiger partial charge is 0.146 e. The third-order valence-corrected chi connectivity index (χ3v) is 2.40. The molecule has 0 heterocycles. The molecule has 0 saturated carbocycles. The first-order valence-electron chi connectivity index (χ1n) is 5.42. The number of methoxy groups -OCH3 is 1. The van der Waals surface area contributed by atoms with Gasteiger partial charge in [0.1, 0.15) is 5.82 Å². The van der Waals surface area contributed by atoms with Crippen LogP contribution in [-0.4, -0.2) is 43.4 Å². The minimum Gasteiger partial charge on any atom is -0.396 e. The molecule has 1 rings (SSSR count). The summed E-state index contributed by atoms with van der Waals surface area (Å²) in [6.07, 6.45) is -0.538. The molecule has 1 unspecified atom stereocenters. The van der Waals surface area contributed by atoms with Gasteiger partial charge in [-0.25, -0.2) is 4.39 Å². The van der Waals surface area contributed by atoms with Crippen molar-refractivity contribution < 1.29 is 14.2 Å². The quantitative estimate of drug-likeness (QED) is 0.726. The van der Waals surface area contributed by atoms with Gasteiger partial charge in [-0.05, 0) is 24.7 Å². The van der Waals surface area contributed by atoms with Crippen LogP contribution < -0.4 is 5.73 Å². The highest BCUT2D eigenvalue weighted by Gasteiger charge is 2.09. The average Bonchev–Trinajstić information content (AvgIpc) is 2.23. The lowest BCUT2D eigenvalue weighted by Crippen LogP contribution is -2.31. The van der Waals surface area contributed by atoms with Gasteiger partial charge in [-0.1, -0.05) is 6.07 Å². The number of hydrogen-bond acceptors (Lipinski definition) is 4. The minimum absolute atomic E-state index is 0.149. The van der Waals surface area contributed by atoms with Crippen LogP contribution >= 0.6 is 0 Å². The summed E-state index contributed by atoms with van der Waals surface area (Å²) < 4.78 is 18.0. The van der Waals surface area contributed by atoms with E-state index >= 15 is 0 Å². The molecule has 0 aromatic heterocycles. The first-order chi connectivity index (χ1) is 8.02. The van der Waals surface area contributed by atoms with Crippen LogP contribution in [0.25, 0.3) is 0 Å². The summed E-state index contributed by atoms with van der Waals surface area (Å²) in [4.78, 5) is 1.90. The lowest BCUT2D eigenvalue weighted by atomic mass is 10.2. The van der Waals surface area contributed by atoms with Gasteiger partial charge in [0.15, 0.2) is 0 Å². The molecule has 0 fully saturated rings. The van der Waals surface area contributed by atoms with Crippen molar-refractivity contribution in [2.24, 2.45) is 0 Å². The van der Waals surface area contributed by atoms with Gasteiger partial charge in [-0.2, -0.15) is 0 Å². The lowest BCUT2D eigenvalue weighted by molar-refractivity contribution is 0.0419. The fourth-order valence-corrected chi connectivity index (χ4v) is 1.65. The van der Waals surface area contributed by atoms with E-state index in [1.54, 1.807) is 19.2 Å². The minimum atomic E-state index is -0.538. The molecule has 5 heteroatoms. The van der Waals surface area contributed by atoms with E-state index in [-0.39, 0.29) is 5.69 Å². The molecule has 1 atom stereocenters. The third kappa shape index (κ3) is 4.68. The molecular formula is C12H19FN2O2. The second kappa shape index (κ2) is 6.54. The molecular weight excluding hydrogens is 223 g/mol. The van der Waals surface area contributed by atoms with Crippen molar-refractivity contribution in [2.45, 2.75) is 12.6 Å². The van der Waals surface area contributed by atoms with Crippen molar-refractivity contribution in [3.8, 4) is 0 Å². The molecule has 0 aliphatic carbocycles. The molecule has 0 bridgehead atoms. The van der Waals surface area contributed by atoms with Crippen LogP contribution in [0.15, 0.2) is 18.2 Å². The van der Waals surface area contributed by atoms with Crippen molar-refractivity contribution in [1.82, 2.24) is 4.90 Å².